The molecule has 0 radical (unpaired) electrons. The molecule has 12 nitrogen and oxygen atoms in total. The predicted octanol–water partition coefficient (Wildman–Crippen LogP) is -4.90. The minimum Gasteiger partial charge on any atom is -0.744 e. The number of benzene rings is 2. The van der Waals surface area contributed by atoms with E-state index in [-0.39, 0.29) is 81.6 Å². The summed E-state index contributed by atoms with van der Waals surface area (Å²) in [5.41, 5.74) is 0.939. The number of nitrogens with one attached hydrogen (secondary N) is 1. The second-order valence-corrected chi connectivity index (χ2v) is 10.3. The number of carbonyl (C=O) groups excluding carboxylic acids is 1. The molecule has 1 aliphatic rings. The summed E-state index contributed by atoms with van der Waals surface area (Å²) in [4.78, 5) is 25.1. The molecule has 0 saturated carbocycles. The summed E-state index contributed by atoms with van der Waals surface area (Å²) < 4.78 is 67.9. The number of amides is 1. The maximum absolute atomic E-state index is 13.0. The Morgan fingerprint density at radius 2 is 1.27 bits per heavy atom. The van der Waals surface area contributed by atoms with E-state index >= 15 is 0 Å². The van der Waals surface area contributed by atoms with Crippen molar-refractivity contribution in [1.29, 1.82) is 0 Å². The molecule has 0 fully saturated rings. The van der Waals surface area contributed by atoms with E-state index in [1.54, 1.807) is 13.8 Å². The van der Waals surface area contributed by atoms with Gasteiger partial charge in [0.15, 0.2) is 0 Å². The number of hydrazone groups is 1. The van der Waals surface area contributed by atoms with Gasteiger partial charge in [-0.15, -0.1) is 0 Å². The molecule has 0 spiro atoms. The summed E-state index contributed by atoms with van der Waals surface area (Å²) in [6.45, 7) is 3.16. The molecule has 2 aromatic carbocycles. The van der Waals surface area contributed by atoms with Crippen LogP contribution >= 0.6 is 0 Å². The van der Waals surface area contributed by atoms with E-state index in [0.29, 0.717) is 11.4 Å². The summed E-state index contributed by atoms with van der Waals surface area (Å²) >= 11 is 0. The fourth-order valence-electron chi connectivity index (χ4n) is 3.43. The Balaban J connectivity index is 0.00000241. The topological polar surface area (TPSA) is 185 Å². The molecule has 0 unspecified atom stereocenters. The van der Waals surface area contributed by atoms with Crippen LogP contribution in [0, 0.1) is 6.92 Å². The number of aromatic amines is 1. The van der Waals surface area contributed by atoms with Crippen LogP contribution in [0.1, 0.15) is 18.2 Å². The first-order valence-corrected chi connectivity index (χ1v) is 12.6. The second kappa shape index (κ2) is 11.5. The molecule has 0 aliphatic carbocycles. The van der Waals surface area contributed by atoms with Gasteiger partial charge in [0.25, 0.3) is 11.5 Å². The molecule has 3 aromatic rings. The molecule has 2 heterocycles. The summed E-state index contributed by atoms with van der Waals surface area (Å²) in [5, 5.41) is 8.02. The van der Waals surface area contributed by atoms with Crippen molar-refractivity contribution in [1.82, 2.24) is 9.78 Å². The zero-order valence-corrected chi connectivity index (χ0v) is 25.8. The van der Waals surface area contributed by atoms with Gasteiger partial charge in [-0.2, -0.15) is 10.1 Å². The van der Waals surface area contributed by atoms with E-state index in [9.17, 15) is 35.5 Å². The van der Waals surface area contributed by atoms with Crippen LogP contribution in [0.5, 0.6) is 0 Å². The fourth-order valence-corrected chi connectivity index (χ4v) is 4.37. The Hall–Kier alpha value is -1.85. The van der Waals surface area contributed by atoms with E-state index in [2.05, 4.69) is 10.2 Å². The molecule has 0 bridgehead atoms. The van der Waals surface area contributed by atoms with Crippen molar-refractivity contribution in [3.8, 4) is 5.69 Å². The number of hydrogen-bond donors (Lipinski definition) is 1. The number of hydrogen-bond acceptors (Lipinski definition) is 9. The maximum Gasteiger partial charge on any atom is 1.00 e. The number of aryl methyl sites for hydroxylation is 1. The Bertz CT molecular complexity index is 1690. The van der Waals surface area contributed by atoms with Gasteiger partial charge in [0, 0.05) is 5.69 Å². The molecule has 0 saturated heterocycles. The molecular formula is C21H16N4Na2O8S2. The molecular weight excluding hydrogens is 546 g/mol. The molecule has 1 aromatic heterocycles. The van der Waals surface area contributed by atoms with Crippen LogP contribution in [0.15, 0.2) is 73.8 Å². The molecule has 37 heavy (non-hydrogen) atoms. The normalized spacial score (nSPS) is 14.8. The number of carbonyl (C=O) groups is 1. The summed E-state index contributed by atoms with van der Waals surface area (Å²) in [7, 11) is -9.28. The van der Waals surface area contributed by atoms with Crippen LogP contribution in [0.2, 0.25) is 0 Å². The van der Waals surface area contributed by atoms with Gasteiger partial charge in [-0.05, 0) is 68.5 Å². The second-order valence-electron chi connectivity index (χ2n) is 7.55. The van der Waals surface area contributed by atoms with Crippen LogP contribution in [0.4, 0.5) is 5.69 Å². The number of aromatic nitrogens is 2. The van der Waals surface area contributed by atoms with Crippen LogP contribution in [-0.4, -0.2) is 47.3 Å². The van der Waals surface area contributed by atoms with Crippen molar-refractivity contribution in [2.75, 3.05) is 5.01 Å². The van der Waals surface area contributed by atoms with Crippen molar-refractivity contribution in [3.05, 3.63) is 75.7 Å². The third-order valence-electron chi connectivity index (χ3n) is 5.22. The van der Waals surface area contributed by atoms with Gasteiger partial charge in [0.2, 0.25) is 0 Å². The minimum absolute atomic E-state index is 0. The van der Waals surface area contributed by atoms with E-state index in [1.165, 1.54) is 30.3 Å². The van der Waals surface area contributed by atoms with Crippen LogP contribution < -0.4 is 69.7 Å². The Kier molecular flexibility index (Phi) is 9.74. The molecule has 1 amide bonds. The van der Waals surface area contributed by atoms with Crippen molar-refractivity contribution in [2.24, 2.45) is 5.10 Å². The Morgan fingerprint density at radius 1 is 0.811 bits per heavy atom. The van der Waals surface area contributed by atoms with Gasteiger partial charge in [-0.25, -0.2) is 21.5 Å². The molecule has 0 atom stereocenters. The van der Waals surface area contributed by atoms with Crippen molar-refractivity contribution in [2.45, 2.75) is 23.6 Å². The average molecular weight is 562 g/mol. The van der Waals surface area contributed by atoms with Crippen molar-refractivity contribution < 1.29 is 89.9 Å². The van der Waals surface area contributed by atoms with Gasteiger partial charge >= 0.3 is 59.1 Å². The Labute approximate surface area is 256 Å². The number of anilines is 1. The van der Waals surface area contributed by atoms with Crippen LogP contribution in [0.25, 0.3) is 11.8 Å². The molecule has 1 aliphatic heterocycles. The van der Waals surface area contributed by atoms with E-state index in [0.717, 1.165) is 34.0 Å². The fraction of sp³-hybridized carbons (Fsp3) is 0.0952. The van der Waals surface area contributed by atoms with Gasteiger partial charge in [0.1, 0.15) is 20.2 Å². The summed E-state index contributed by atoms with van der Waals surface area (Å²) in [6, 6.07) is 9.41. The first kappa shape index (κ1) is 31.4. The number of rotatable bonds is 5. The van der Waals surface area contributed by atoms with Gasteiger partial charge < -0.3 is 9.11 Å². The van der Waals surface area contributed by atoms with Crippen LogP contribution in [0.3, 0.4) is 0 Å². The van der Waals surface area contributed by atoms with Gasteiger partial charge in [-0.1, -0.05) is 0 Å². The third-order valence-corrected chi connectivity index (χ3v) is 6.92. The standard InChI is InChI=1S/C21H18N4O8S2.2Na/c1-12-18(20(26)24(22-12)14-3-7-16(8-4-14)34(28,29)30)11-19-13(2)23-25(21(19)27)15-5-9-17(10-6-15)35(31,32)33;;/h3-11,22H,1-2H3,(H,28,29,30)(H,31,32,33);;/q;2*+1/p-2/b19-11-;;. The minimum atomic E-state index is -4.65. The van der Waals surface area contributed by atoms with Crippen molar-refractivity contribution in [3.63, 3.8) is 0 Å². The molecule has 182 valence electrons. The predicted molar refractivity (Wildman–Crippen MR) is 122 cm³/mol. The number of H-pyrrole nitrogens is 1. The van der Waals surface area contributed by atoms with E-state index in [4.69, 9.17) is 0 Å². The zero-order valence-electron chi connectivity index (χ0n) is 20.1. The van der Waals surface area contributed by atoms with Gasteiger partial charge in [0.05, 0.1) is 38.0 Å². The Morgan fingerprint density at radius 3 is 1.73 bits per heavy atom. The molecule has 4 rings (SSSR count). The quantitative estimate of drug-likeness (QED) is 0.182. The zero-order chi connectivity index (χ0) is 25.7. The van der Waals surface area contributed by atoms with E-state index in [1.807, 2.05) is 0 Å². The van der Waals surface area contributed by atoms with Crippen molar-refractivity contribution >= 4 is 43.6 Å². The average Bonchev–Trinajstić information content (AvgIpc) is 3.23. The SMILES string of the molecule is CC1=NN(c2ccc(S(=O)(=O)[O-])cc2)C(=O)/C1=C\c1c(C)[nH]n(-c2ccc(S(=O)(=O)[O-])cc2)c1=O.[Na+].[Na+]. The van der Waals surface area contributed by atoms with Crippen LogP contribution in [-0.2, 0) is 25.0 Å². The first-order chi connectivity index (χ1) is 16.3. The number of nitrogens with zero attached hydrogens (tertiary/aromatic N) is 3. The summed E-state index contributed by atoms with van der Waals surface area (Å²) in [6.07, 6.45) is 1.36. The molecule has 16 heteroatoms. The molecule has 1 N–H and O–H groups in total. The smallest absolute Gasteiger partial charge is 0.744 e. The first-order valence-electron chi connectivity index (χ1n) is 9.83. The van der Waals surface area contributed by atoms with E-state index < -0.39 is 41.5 Å². The monoisotopic (exact) mass is 562 g/mol. The maximum atomic E-state index is 13.0. The largest absolute Gasteiger partial charge is 1.00 e. The summed E-state index contributed by atoms with van der Waals surface area (Å²) in [5.74, 6) is -0.572. The van der Waals surface area contributed by atoms with Gasteiger partial charge in [-0.3, -0.25) is 14.7 Å². The third kappa shape index (κ3) is 6.42.